The molecular formula is C20H22FN5O2. The monoisotopic (exact) mass is 383 g/mol. The van der Waals surface area contributed by atoms with Crippen molar-refractivity contribution in [3.8, 4) is 17.1 Å². The van der Waals surface area contributed by atoms with Crippen LogP contribution in [0, 0.1) is 5.82 Å². The first kappa shape index (κ1) is 19.5. The molecule has 3 aromatic rings. The van der Waals surface area contributed by atoms with Gasteiger partial charge in [-0.1, -0.05) is 12.1 Å². The molecule has 0 aliphatic heterocycles. The number of primary amides is 1. The SMILES string of the molecule is CC(C)Oc1cccc(CC(CC(N)=O)c2cc(F)cc(-c3nn[nH]n3)c2)c1. The van der Waals surface area contributed by atoms with E-state index in [2.05, 4.69) is 20.6 Å². The number of nitrogens with one attached hydrogen (secondary N) is 1. The third-order valence-electron chi connectivity index (χ3n) is 4.19. The summed E-state index contributed by atoms with van der Waals surface area (Å²) in [7, 11) is 0. The lowest BCUT2D eigenvalue weighted by Gasteiger charge is -2.18. The van der Waals surface area contributed by atoms with Crippen LogP contribution >= 0.6 is 0 Å². The highest BCUT2D eigenvalue weighted by Gasteiger charge is 2.19. The first-order valence-electron chi connectivity index (χ1n) is 8.99. The van der Waals surface area contributed by atoms with Crippen molar-refractivity contribution in [2.75, 3.05) is 0 Å². The molecule has 0 spiro atoms. The van der Waals surface area contributed by atoms with Crippen LogP contribution in [0.3, 0.4) is 0 Å². The van der Waals surface area contributed by atoms with Crippen molar-refractivity contribution in [2.24, 2.45) is 5.73 Å². The van der Waals surface area contributed by atoms with Crippen molar-refractivity contribution in [1.82, 2.24) is 20.6 Å². The molecule has 1 aromatic heterocycles. The minimum Gasteiger partial charge on any atom is -0.491 e. The minimum absolute atomic E-state index is 0.0532. The second kappa shape index (κ2) is 8.60. The third kappa shape index (κ3) is 5.12. The molecule has 7 nitrogen and oxygen atoms in total. The highest BCUT2D eigenvalue weighted by atomic mass is 19.1. The van der Waals surface area contributed by atoms with Gasteiger partial charge in [0.2, 0.25) is 11.7 Å². The number of aromatic nitrogens is 4. The van der Waals surface area contributed by atoms with Gasteiger partial charge in [-0.3, -0.25) is 4.79 Å². The second-order valence-corrected chi connectivity index (χ2v) is 6.89. The molecule has 0 saturated heterocycles. The molecule has 146 valence electrons. The molecule has 8 heteroatoms. The van der Waals surface area contributed by atoms with Crippen LogP contribution in [0.25, 0.3) is 11.4 Å². The third-order valence-corrected chi connectivity index (χ3v) is 4.19. The van der Waals surface area contributed by atoms with Gasteiger partial charge < -0.3 is 10.5 Å². The van der Waals surface area contributed by atoms with E-state index < -0.39 is 11.7 Å². The fourth-order valence-electron chi connectivity index (χ4n) is 3.11. The smallest absolute Gasteiger partial charge is 0.218 e. The lowest BCUT2D eigenvalue weighted by atomic mass is 9.88. The predicted octanol–water partition coefficient (Wildman–Crippen LogP) is 2.99. The Hall–Kier alpha value is -3.29. The van der Waals surface area contributed by atoms with Crippen LogP contribution in [0.2, 0.25) is 0 Å². The first-order valence-corrected chi connectivity index (χ1v) is 8.99. The average Bonchev–Trinajstić information content (AvgIpc) is 3.15. The van der Waals surface area contributed by atoms with Gasteiger partial charge in [0, 0.05) is 12.0 Å². The van der Waals surface area contributed by atoms with Crippen LogP contribution in [-0.4, -0.2) is 32.6 Å². The molecule has 28 heavy (non-hydrogen) atoms. The summed E-state index contributed by atoms with van der Waals surface area (Å²) in [5.74, 6) is -0.162. The van der Waals surface area contributed by atoms with E-state index in [4.69, 9.17) is 10.5 Å². The Bertz CT molecular complexity index is 944. The van der Waals surface area contributed by atoms with Crippen molar-refractivity contribution < 1.29 is 13.9 Å². The number of nitrogens with two attached hydrogens (primary N) is 1. The number of H-pyrrole nitrogens is 1. The van der Waals surface area contributed by atoms with Crippen LogP contribution in [-0.2, 0) is 11.2 Å². The summed E-state index contributed by atoms with van der Waals surface area (Å²) in [4.78, 5) is 11.6. The van der Waals surface area contributed by atoms with Crippen LogP contribution in [0.5, 0.6) is 5.75 Å². The average molecular weight is 383 g/mol. The van der Waals surface area contributed by atoms with E-state index in [0.29, 0.717) is 17.5 Å². The van der Waals surface area contributed by atoms with Gasteiger partial charge in [0.15, 0.2) is 0 Å². The van der Waals surface area contributed by atoms with Gasteiger partial charge >= 0.3 is 0 Å². The standard InChI is InChI=1S/C20H22FN5O2/c1-12(2)28-18-5-3-4-13(7-18)6-14(11-19(22)27)15-8-16(10-17(21)9-15)20-23-25-26-24-20/h3-5,7-10,12,14H,6,11H2,1-2H3,(H2,22,27)(H,23,24,25,26). The number of aromatic amines is 1. The van der Waals surface area contributed by atoms with E-state index in [0.717, 1.165) is 11.3 Å². The Balaban J connectivity index is 1.92. The maximum absolute atomic E-state index is 14.2. The number of halogens is 1. The van der Waals surface area contributed by atoms with Crippen molar-refractivity contribution in [3.63, 3.8) is 0 Å². The number of nitrogens with zero attached hydrogens (tertiary/aromatic N) is 3. The summed E-state index contributed by atoms with van der Waals surface area (Å²) in [6.07, 6.45) is 0.648. The molecule has 0 bridgehead atoms. The first-order chi connectivity index (χ1) is 13.4. The van der Waals surface area contributed by atoms with Gasteiger partial charge in [0.1, 0.15) is 11.6 Å². The number of rotatable bonds is 8. The topological polar surface area (TPSA) is 107 Å². The van der Waals surface area contributed by atoms with Crippen molar-refractivity contribution >= 4 is 5.91 Å². The van der Waals surface area contributed by atoms with E-state index in [-0.39, 0.29) is 24.3 Å². The summed E-state index contributed by atoms with van der Waals surface area (Å²) in [6.45, 7) is 3.91. The minimum atomic E-state index is -0.454. The lowest BCUT2D eigenvalue weighted by molar-refractivity contribution is -0.118. The second-order valence-electron chi connectivity index (χ2n) is 6.89. The number of carbonyl (C=O) groups is 1. The number of hydrogen-bond acceptors (Lipinski definition) is 5. The normalized spacial score (nSPS) is 12.1. The van der Waals surface area contributed by atoms with E-state index in [9.17, 15) is 9.18 Å². The molecule has 2 aromatic carbocycles. The molecule has 3 rings (SSSR count). The zero-order valence-electron chi connectivity index (χ0n) is 15.7. The van der Waals surface area contributed by atoms with Crippen LogP contribution in [0.4, 0.5) is 4.39 Å². The Labute approximate surface area is 162 Å². The van der Waals surface area contributed by atoms with Gasteiger partial charge in [-0.15, -0.1) is 10.2 Å². The largest absolute Gasteiger partial charge is 0.491 e. The maximum atomic E-state index is 14.2. The lowest BCUT2D eigenvalue weighted by Crippen LogP contribution is -2.17. The molecule has 1 atom stereocenters. The number of amides is 1. The molecule has 1 heterocycles. The summed E-state index contributed by atoms with van der Waals surface area (Å²) in [5.41, 5.74) is 7.55. The molecule has 1 unspecified atom stereocenters. The Kier molecular flexibility index (Phi) is 5.98. The number of carbonyl (C=O) groups excluding carboxylic acids is 1. The summed E-state index contributed by atoms with van der Waals surface area (Å²) in [6, 6.07) is 12.1. The summed E-state index contributed by atoms with van der Waals surface area (Å²) < 4.78 is 20.0. The van der Waals surface area contributed by atoms with Crippen molar-refractivity contribution in [3.05, 3.63) is 59.4 Å². The van der Waals surface area contributed by atoms with E-state index in [1.807, 2.05) is 38.1 Å². The predicted molar refractivity (Wildman–Crippen MR) is 102 cm³/mol. The van der Waals surface area contributed by atoms with Crippen molar-refractivity contribution in [1.29, 1.82) is 0 Å². The van der Waals surface area contributed by atoms with Gasteiger partial charge in [-0.05, 0) is 72.9 Å². The zero-order chi connectivity index (χ0) is 20.1. The molecule has 0 aliphatic rings. The highest BCUT2D eigenvalue weighted by molar-refractivity contribution is 5.75. The highest BCUT2D eigenvalue weighted by Crippen LogP contribution is 2.29. The quantitative estimate of drug-likeness (QED) is 0.622. The van der Waals surface area contributed by atoms with Crippen molar-refractivity contribution in [2.45, 2.75) is 38.7 Å². The Morgan fingerprint density at radius 3 is 2.75 bits per heavy atom. The molecular weight excluding hydrogens is 361 g/mol. The van der Waals surface area contributed by atoms with E-state index in [1.54, 1.807) is 6.07 Å². The molecule has 1 amide bonds. The van der Waals surface area contributed by atoms with E-state index >= 15 is 0 Å². The van der Waals surface area contributed by atoms with Gasteiger partial charge in [0.05, 0.1) is 6.10 Å². The van der Waals surface area contributed by atoms with Crippen LogP contribution in [0.1, 0.15) is 37.3 Å². The molecule has 0 radical (unpaired) electrons. The molecule has 0 saturated carbocycles. The van der Waals surface area contributed by atoms with Gasteiger partial charge in [0.25, 0.3) is 0 Å². The number of hydrogen-bond donors (Lipinski definition) is 2. The maximum Gasteiger partial charge on any atom is 0.218 e. The van der Waals surface area contributed by atoms with Gasteiger partial charge in [-0.2, -0.15) is 5.21 Å². The summed E-state index contributed by atoms with van der Waals surface area (Å²) in [5, 5.41) is 13.6. The molecule has 0 aliphatic carbocycles. The number of tetrazole rings is 1. The van der Waals surface area contributed by atoms with E-state index in [1.165, 1.54) is 12.1 Å². The molecule has 3 N–H and O–H groups in total. The van der Waals surface area contributed by atoms with Crippen LogP contribution in [0.15, 0.2) is 42.5 Å². The fourth-order valence-corrected chi connectivity index (χ4v) is 3.11. The summed E-state index contributed by atoms with van der Waals surface area (Å²) >= 11 is 0. The van der Waals surface area contributed by atoms with Gasteiger partial charge in [-0.25, -0.2) is 4.39 Å². The van der Waals surface area contributed by atoms with Crippen LogP contribution < -0.4 is 10.5 Å². The number of benzene rings is 2. The fraction of sp³-hybridized carbons (Fsp3) is 0.300. The molecule has 0 fully saturated rings. The Morgan fingerprint density at radius 2 is 2.07 bits per heavy atom. The Morgan fingerprint density at radius 1 is 1.25 bits per heavy atom. The zero-order valence-corrected chi connectivity index (χ0v) is 15.7. The number of ether oxygens (including phenoxy) is 1.